The van der Waals surface area contributed by atoms with Crippen molar-refractivity contribution in [3.05, 3.63) is 0 Å². The van der Waals surface area contributed by atoms with Gasteiger partial charge in [-0.3, -0.25) is 4.79 Å². The first-order chi connectivity index (χ1) is 5.09. The average molecular weight is 162 g/mol. The second-order valence-electron chi connectivity index (χ2n) is 2.37. The summed E-state index contributed by atoms with van der Waals surface area (Å²) in [5.41, 5.74) is 0. The number of carboxylic acid groups (broad SMARTS) is 1. The highest BCUT2D eigenvalue weighted by Crippen LogP contribution is 2.20. The highest BCUT2D eigenvalue weighted by molar-refractivity contribution is 5.67. The van der Waals surface area contributed by atoms with Gasteiger partial charge in [0.25, 0.3) is 0 Å². The maximum absolute atomic E-state index is 10.1. The van der Waals surface area contributed by atoms with Gasteiger partial charge >= 0.3 is 5.97 Å². The van der Waals surface area contributed by atoms with E-state index in [1.807, 2.05) is 0 Å². The topological polar surface area (TPSA) is 76.0 Å². The van der Waals surface area contributed by atoms with Gasteiger partial charge in [-0.25, -0.2) is 0 Å². The predicted octanol–water partition coefficient (Wildman–Crippen LogP) is -0.459. The molecule has 0 unspecified atom stereocenters. The van der Waals surface area contributed by atoms with Crippen molar-refractivity contribution in [1.29, 1.82) is 0 Å². The number of aliphatic hydroxyl groups is 1. The average Bonchev–Trinajstić information content (AvgIpc) is 1.79. The summed E-state index contributed by atoms with van der Waals surface area (Å²) in [6.07, 6.45) is -2.51. The number of carbonyl (C=O) groups is 1. The summed E-state index contributed by atoms with van der Waals surface area (Å²) in [5.74, 6) is -1.07. The molecule has 0 spiro atoms. The Balaban J connectivity index is 2.21. The third-order valence-corrected chi connectivity index (χ3v) is 1.35. The van der Waals surface area contributed by atoms with Crippen LogP contribution in [-0.2, 0) is 14.3 Å². The summed E-state index contributed by atoms with van der Waals surface area (Å²) >= 11 is 0. The minimum atomic E-state index is -1.07. The van der Waals surface area contributed by atoms with E-state index in [4.69, 9.17) is 19.7 Å². The molecule has 11 heavy (non-hydrogen) atoms. The molecule has 1 aliphatic heterocycles. The Morgan fingerprint density at radius 3 is 2.55 bits per heavy atom. The first-order valence-corrected chi connectivity index (χ1v) is 3.30. The van der Waals surface area contributed by atoms with Gasteiger partial charge in [0.1, 0.15) is 6.10 Å². The highest BCUT2D eigenvalue weighted by atomic mass is 16.9. The molecule has 0 saturated carbocycles. The second-order valence-corrected chi connectivity index (χ2v) is 2.37. The molecular weight excluding hydrogens is 152 g/mol. The molecule has 0 aromatic heterocycles. The SMILES string of the molecule is CC1OC([C@@H](O)CC(=O)O)O1. The molecule has 0 aromatic carbocycles. The zero-order valence-corrected chi connectivity index (χ0v) is 6.06. The molecule has 1 aliphatic rings. The van der Waals surface area contributed by atoms with Crippen LogP contribution in [0.15, 0.2) is 0 Å². The summed E-state index contributed by atoms with van der Waals surface area (Å²) in [7, 11) is 0. The predicted molar refractivity (Wildman–Crippen MR) is 33.7 cm³/mol. The fourth-order valence-electron chi connectivity index (χ4n) is 0.844. The second kappa shape index (κ2) is 3.17. The zero-order chi connectivity index (χ0) is 8.43. The molecule has 2 N–H and O–H groups in total. The van der Waals surface area contributed by atoms with E-state index in [0.717, 1.165) is 0 Å². The van der Waals surface area contributed by atoms with Gasteiger partial charge in [0.05, 0.1) is 6.42 Å². The van der Waals surface area contributed by atoms with Crippen molar-refractivity contribution in [2.45, 2.75) is 32.0 Å². The van der Waals surface area contributed by atoms with Crippen molar-refractivity contribution in [3.63, 3.8) is 0 Å². The van der Waals surface area contributed by atoms with Crippen LogP contribution in [0.5, 0.6) is 0 Å². The molecule has 5 heteroatoms. The van der Waals surface area contributed by atoms with Crippen LogP contribution in [0.3, 0.4) is 0 Å². The molecule has 0 aliphatic carbocycles. The fraction of sp³-hybridized carbons (Fsp3) is 0.833. The van der Waals surface area contributed by atoms with E-state index in [1.165, 1.54) is 0 Å². The molecule has 0 aromatic rings. The van der Waals surface area contributed by atoms with Crippen LogP contribution in [0.2, 0.25) is 0 Å². The van der Waals surface area contributed by atoms with Gasteiger partial charge in [0.2, 0.25) is 0 Å². The standard InChI is InChI=1S/C6H10O5/c1-3-10-6(11-3)4(7)2-5(8)9/h3-4,6-7H,2H2,1H3,(H,8,9)/t3?,4-,6?/m0/s1. The van der Waals surface area contributed by atoms with Crippen molar-refractivity contribution in [2.24, 2.45) is 0 Å². The van der Waals surface area contributed by atoms with Crippen molar-refractivity contribution in [3.8, 4) is 0 Å². The normalized spacial score (nSPS) is 32.5. The van der Waals surface area contributed by atoms with Crippen LogP contribution in [0.4, 0.5) is 0 Å². The number of ether oxygens (including phenoxy) is 2. The largest absolute Gasteiger partial charge is 0.481 e. The molecule has 0 amide bonds. The Morgan fingerprint density at radius 1 is 1.64 bits per heavy atom. The van der Waals surface area contributed by atoms with Crippen molar-refractivity contribution in [2.75, 3.05) is 0 Å². The third kappa shape index (κ3) is 2.14. The Labute approximate surface area is 63.5 Å². The number of carboxylic acids is 1. The summed E-state index contributed by atoms with van der Waals surface area (Å²) in [4.78, 5) is 10.1. The smallest absolute Gasteiger partial charge is 0.306 e. The van der Waals surface area contributed by atoms with Gasteiger partial charge < -0.3 is 19.7 Å². The van der Waals surface area contributed by atoms with E-state index < -0.39 is 18.4 Å². The van der Waals surface area contributed by atoms with Crippen LogP contribution >= 0.6 is 0 Å². The minimum absolute atomic E-state index is 0.330. The molecule has 5 nitrogen and oxygen atoms in total. The zero-order valence-electron chi connectivity index (χ0n) is 6.06. The lowest BCUT2D eigenvalue weighted by atomic mass is 10.2. The van der Waals surface area contributed by atoms with Crippen LogP contribution in [-0.4, -0.2) is 34.9 Å². The molecule has 0 radical (unpaired) electrons. The summed E-state index contributed by atoms with van der Waals surface area (Å²) in [6, 6.07) is 0. The minimum Gasteiger partial charge on any atom is -0.481 e. The Morgan fingerprint density at radius 2 is 2.18 bits per heavy atom. The molecule has 1 saturated heterocycles. The van der Waals surface area contributed by atoms with Crippen LogP contribution in [0.1, 0.15) is 13.3 Å². The molecule has 64 valence electrons. The van der Waals surface area contributed by atoms with Crippen molar-refractivity contribution >= 4 is 5.97 Å². The summed E-state index contributed by atoms with van der Waals surface area (Å²) in [5, 5.41) is 17.3. The Bertz CT molecular complexity index is 151. The van der Waals surface area contributed by atoms with Gasteiger partial charge in [-0.2, -0.15) is 0 Å². The van der Waals surface area contributed by atoms with Crippen molar-refractivity contribution < 1.29 is 24.5 Å². The fourth-order valence-corrected chi connectivity index (χ4v) is 0.844. The lowest BCUT2D eigenvalue weighted by Crippen LogP contribution is -2.47. The van der Waals surface area contributed by atoms with Gasteiger partial charge in [-0.15, -0.1) is 0 Å². The molecular formula is C6H10O5. The first-order valence-electron chi connectivity index (χ1n) is 3.30. The van der Waals surface area contributed by atoms with E-state index in [2.05, 4.69) is 0 Å². The lowest BCUT2D eigenvalue weighted by molar-refractivity contribution is -0.398. The third-order valence-electron chi connectivity index (χ3n) is 1.35. The molecule has 1 fully saturated rings. The van der Waals surface area contributed by atoms with Gasteiger partial charge in [0.15, 0.2) is 12.6 Å². The maximum Gasteiger partial charge on any atom is 0.306 e. The Hall–Kier alpha value is -0.650. The van der Waals surface area contributed by atoms with E-state index in [-0.39, 0.29) is 12.7 Å². The number of hydrogen-bond acceptors (Lipinski definition) is 4. The van der Waals surface area contributed by atoms with E-state index >= 15 is 0 Å². The maximum atomic E-state index is 10.1. The van der Waals surface area contributed by atoms with Gasteiger partial charge in [0, 0.05) is 0 Å². The van der Waals surface area contributed by atoms with E-state index in [0.29, 0.717) is 0 Å². The summed E-state index contributed by atoms with van der Waals surface area (Å²) in [6.45, 7) is 1.67. The van der Waals surface area contributed by atoms with Crippen molar-refractivity contribution in [1.82, 2.24) is 0 Å². The number of hydrogen-bond donors (Lipinski definition) is 2. The van der Waals surface area contributed by atoms with E-state index in [1.54, 1.807) is 6.92 Å². The molecule has 1 atom stereocenters. The molecule has 1 rings (SSSR count). The monoisotopic (exact) mass is 162 g/mol. The molecule has 0 bridgehead atoms. The van der Waals surface area contributed by atoms with E-state index in [9.17, 15) is 4.79 Å². The first kappa shape index (κ1) is 8.45. The quantitative estimate of drug-likeness (QED) is 0.587. The summed E-state index contributed by atoms with van der Waals surface area (Å²) < 4.78 is 9.73. The number of aliphatic carboxylic acids is 1. The lowest BCUT2D eigenvalue weighted by Gasteiger charge is -2.36. The number of aliphatic hydroxyl groups excluding tert-OH is 1. The van der Waals surface area contributed by atoms with Gasteiger partial charge in [-0.05, 0) is 6.92 Å². The number of rotatable bonds is 3. The van der Waals surface area contributed by atoms with Crippen LogP contribution < -0.4 is 0 Å². The Kier molecular flexibility index (Phi) is 2.43. The van der Waals surface area contributed by atoms with Crippen LogP contribution in [0, 0.1) is 0 Å². The highest BCUT2D eigenvalue weighted by Gasteiger charge is 2.34. The van der Waals surface area contributed by atoms with Gasteiger partial charge in [-0.1, -0.05) is 0 Å². The molecule has 1 heterocycles. The van der Waals surface area contributed by atoms with Crippen LogP contribution in [0.25, 0.3) is 0 Å².